The van der Waals surface area contributed by atoms with Crippen LogP contribution in [0.1, 0.15) is 5.56 Å². The molecule has 1 saturated heterocycles. The number of carbonyl (C=O) groups is 1. The number of rotatable bonds is 4. The zero-order valence-electron chi connectivity index (χ0n) is 8.20. The van der Waals surface area contributed by atoms with Crippen LogP contribution in [0.15, 0.2) is 24.3 Å². The minimum absolute atomic E-state index is 0.0582. The number of benzene rings is 1. The molecule has 1 aliphatic heterocycles. The summed E-state index contributed by atoms with van der Waals surface area (Å²) in [7, 11) is 0. The molecule has 0 spiro atoms. The van der Waals surface area contributed by atoms with Gasteiger partial charge < -0.3 is 10.1 Å². The van der Waals surface area contributed by atoms with Crippen molar-refractivity contribution < 1.29 is 13.9 Å². The van der Waals surface area contributed by atoms with E-state index in [-0.39, 0.29) is 24.2 Å². The molecule has 0 aliphatic carbocycles. The molecule has 0 unspecified atom stereocenters. The van der Waals surface area contributed by atoms with Crippen LogP contribution >= 0.6 is 0 Å². The fourth-order valence-electron chi connectivity index (χ4n) is 1.26. The highest BCUT2D eigenvalue weighted by Crippen LogP contribution is 2.07. The molecule has 0 saturated carbocycles. The van der Waals surface area contributed by atoms with Crippen molar-refractivity contribution in [1.29, 1.82) is 0 Å². The van der Waals surface area contributed by atoms with Gasteiger partial charge in [-0.3, -0.25) is 4.79 Å². The molecular weight excluding hydrogens is 197 g/mol. The smallest absolute Gasteiger partial charge is 0.224 e. The maximum atomic E-state index is 12.6. The molecule has 1 atom stereocenters. The van der Waals surface area contributed by atoms with E-state index in [2.05, 4.69) is 5.32 Å². The highest BCUT2D eigenvalue weighted by Gasteiger charge is 2.22. The van der Waals surface area contributed by atoms with Gasteiger partial charge >= 0.3 is 0 Å². The van der Waals surface area contributed by atoms with Crippen molar-refractivity contribution >= 4 is 5.91 Å². The van der Waals surface area contributed by atoms with Crippen molar-refractivity contribution in [1.82, 2.24) is 5.32 Å². The number of ether oxygens (including phenoxy) is 1. The SMILES string of the molecule is O=C(Cc1ccc(F)cc1)NC[C@@H]1CO1. The van der Waals surface area contributed by atoms with E-state index in [1.165, 1.54) is 12.1 Å². The fraction of sp³-hybridized carbons (Fsp3) is 0.364. The molecule has 15 heavy (non-hydrogen) atoms. The van der Waals surface area contributed by atoms with Crippen LogP contribution in [0.4, 0.5) is 4.39 Å². The number of hydrogen-bond donors (Lipinski definition) is 1. The summed E-state index contributed by atoms with van der Waals surface area (Å²) in [4.78, 5) is 11.4. The van der Waals surface area contributed by atoms with Crippen LogP contribution in [-0.4, -0.2) is 25.2 Å². The van der Waals surface area contributed by atoms with Gasteiger partial charge in [0.1, 0.15) is 5.82 Å². The van der Waals surface area contributed by atoms with Gasteiger partial charge in [-0.25, -0.2) is 4.39 Å². The van der Waals surface area contributed by atoms with Crippen molar-refractivity contribution in [3.63, 3.8) is 0 Å². The molecule has 1 heterocycles. The summed E-state index contributed by atoms with van der Waals surface area (Å²) < 4.78 is 17.5. The third-order valence-electron chi connectivity index (χ3n) is 2.21. The van der Waals surface area contributed by atoms with Crippen LogP contribution in [0.2, 0.25) is 0 Å². The molecule has 80 valence electrons. The molecule has 0 bridgehead atoms. The summed E-state index contributed by atoms with van der Waals surface area (Å²) in [6, 6.07) is 5.93. The van der Waals surface area contributed by atoms with Crippen molar-refractivity contribution in [2.45, 2.75) is 12.5 Å². The molecule has 1 aromatic carbocycles. The summed E-state index contributed by atoms with van der Waals surface area (Å²) in [5.74, 6) is -0.345. The van der Waals surface area contributed by atoms with Gasteiger partial charge in [0.15, 0.2) is 0 Å². The molecule has 1 amide bonds. The first-order chi connectivity index (χ1) is 7.24. The summed E-state index contributed by atoms with van der Waals surface area (Å²) >= 11 is 0. The third-order valence-corrected chi connectivity index (χ3v) is 2.21. The largest absolute Gasteiger partial charge is 0.371 e. The van der Waals surface area contributed by atoms with Gasteiger partial charge in [0, 0.05) is 6.54 Å². The van der Waals surface area contributed by atoms with E-state index >= 15 is 0 Å². The lowest BCUT2D eigenvalue weighted by Gasteiger charge is -2.02. The zero-order chi connectivity index (χ0) is 10.7. The highest BCUT2D eigenvalue weighted by molar-refractivity contribution is 5.78. The van der Waals surface area contributed by atoms with E-state index < -0.39 is 0 Å². The van der Waals surface area contributed by atoms with Gasteiger partial charge in [0.05, 0.1) is 19.1 Å². The van der Waals surface area contributed by atoms with E-state index in [1.807, 2.05) is 0 Å². The third kappa shape index (κ3) is 3.32. The number of carbonyl (C=O) groups excluding carboxylic acids is 1. The van der Waals surface area contributed by atoms with Gasteiger partial charge in [0.2, 0.25) is 5.91 Å². The number of nitrogens with one attached hydrogen (secondary N) is 1. The number of amides is 1. The Kier molecular flexibility index (Phi) is 2.97. The molecule has 2 rings (SSSR count). The van der Waals surface area contributed by atoms with Gasteiger partial charge in [-0.05, 0) is 17.7 Å². The van der Waals surface area contributed by atoms with Crippen LogP contribution in [0.25, 0.3) is 0 Å². The standard InChI is InChI=1S/C11H12FNO2/c12-9-3-1-8(2-4-9)5-11(14)13-6-10-7-15-10/h1-4,10H,5-7H2,(H,13,14)/t10-/m1/s1. The van der Waals surface area contributed by atoms with Crippen molar-refractivity contribution in [2.24, 2.45) is 0 Å². The molecular formula is C11H12FNO2. The lowest BCUT2D eigenvalue weighted by Crippen LogP contribution is -2.28. The van der Waals surface area contributed by atoms with Crippen LogP contribution < -0.4 is 5.32 Å². The second-order valence-corrected chi connectivity index (χ2v) is 3.56. The molecule has 4 heteroatoms. The van der Waals surface area contributed by atoms with Gasteiger partial charge in [-0.1, -0.05) is 12.1 Å². The average molecular weight is 209 g/mol. The monoisotopic (exact) mass is 209 g/mol. The predicted molar refractivity (Wildman–Crippen MR) is 52.9 cm³/mol. The van der Waals surface area contributed by atoms with Crippen LogP contribution in [0.3, 0.4) is 0 Å². The Morgan fingerprint density at radius 3 is 2.73 bits per heavy atom. The number of epoxide rings is 1. The Hall–Kier alpha value is -1.42. The van der Waals surface area contributed by atoms with Crippen molar-refractivity contribution in [3.8, 4) is 0 Å². The first-order valence-electron chi connectivity index (χ1n) is 4.87. The number of hydrogen-bond acceptors (Lipinski definition) is 2. The van der Waals surface area contributed by atoms with E-state index in [9.17, 15) is 9.18 Å². The minimum Gasteiger partial charge on any atom is -0.371 e. The lowest BCUT2D eigenvalue weighted by atomic mass is 10.1. The Morgan fingerprint density at radius 1 is 1.47 bits per heavy atom. The second-order valence-electron chi connectivity index (χ2n) is 3.56. The molecule has 0 radical (unpaired) electrons. The Morgan fingerprint density at radius 2 is 2.13 bits per heavy atom. The molecule has 0 aromatic heterocycles. The molecule has 1 aromatic rings. The zero-order valence-corrected chi connectivity index (χ0v) is 8.20. The molecule has 1 N–H and O–H groups in total. The maximum Gasteiger partial charge on any atom is 0.224 e. The maximum absolute atomic E-state index is 12.6. The van der Waals surface area contributed by atoms with E-state index in [4.69, 9.17) is 4.74 Å². The predicted octanol–water partition coefficient (Wildman–Crippen LogP) is 0.883. The normalized spacial score (nSPS) is 18.6. The molecule has 1 aliphatic rings. The summed E-state index contributed by atoms with van der Waals surface area (Å²) in [6.07, 6.45) is 0.481. The van der Waals surface area contributed by atoms with Crippen molar-refractivity contribution in [3.05, 3.63) is 35.6 Å². The van der Waals surface area contributed by atoms with E-state index in [0.717, 1.165) is 12.2 Å². The van der Waals surface area contributed by atoms with Crippen molar-refractivity contribution in [2.75, 3.05) is 13.2 Å². The first kappa shape index (κ1) is 10.1. The topological polar surface area (TPSA) is 41.6 Å². The van der Waals surface area contributed by atoms with Crippen LogP contribution in [-0.2, 0) is 16.0 Å². The average Bonchev–Trinajstić information content (AvgIpc) is 3.02. The van der Waals surface area contributed by atoms with E-state index in [0.29, 0.717) is 6.54 Å². The Labute approximate surface area is 87.2 Å². The quantitative estimate of drug-likeness (QED) is 0.748. The highest BCUT2D eigenvalue weighted by atomic mass is 19.1. The number of halogens is 1. The van der Waals surface area contributed by atoms with E-state index in [1.54, 1.807) is 12.1 Å². The van der Waals surface area contributed by atoms with Crippen LogP contribution in [0.5, 0.6) is 0 Å². The van der Waals surface area contributed by atoms with Gasteiger partial charge in [-0.15, -0.1) is 0 Å². The van der Waals surface area contributed by atoms with Crippen LogP contribution in [0, 0.1) is 5.82 Å². The summed E-state index contributed by atoms with van der Waals surface area (Å²) in [5, 5.41) is 2.75. The first-order valence-corrected chi connectivity index (χ1v) is 4.87. The summed E-state index contributed by atoms with van der Waals surface area (Å²) in [5.41, 5.74) is 0.811. The molecule has 1 fully saturated rings. The van der Waals surface area contributed by atoms with Gasteiger partial charge in [-0.2, -0.15) is 0 Å². The summed E-state index contributed by atoms with van der Waals surface area (Å²) in [6.45, 7) is 1.30. The minimum atomic E-state index is -0.287. The fourth-order valence-corrected chi connectivity index (χ4v) is 1.26. The van der Waals surface area contributed by atoms with Gasteiger partial charge in [0.25, 0.3) is 0 Å². The lowest BCUT2D eigenvalue weighted by molar-refractivity contribution is -0.120. The Bertz CT molecular complexity index is 346. The Balaban J connectivity index is 1.79. The molecule has 3 nitrogen and oxygen atoms in total. The second kappa shape index (κ2) is 4.40.